The van der Waals surface area contributed by atoms with Crippen LogP contribution in [0.3, 0.4) is 0 Å². The molecule has 2 aromatic rings. The highest BCUT2D eigenvalue weighted by Gasteiger charge is 2.30. The number of pyridine rings is 1. The summed E-state index contributed by atoms with van der Waals surface area (Å²) in [4.78, 5) is 4.23. The van der Waals surface area contributed by atoms with Gasteiger partial charge in [-0.25, -0.2) is 8.93 Å². The molecule has 0 saturated carbocycles. The molecule has 0 aliphatic heterocycles. The summed E-state index contributed by atoms with van der Waals surface area (Å²) in [5, 5.41) is 0. The second-order valence-corrected chi connectivity index (χ2v) is 7.18. The van der Waals surface area contributed by atoms with Crippen molar-refractivity contribution < 1.29 is 17.4 Å². The van der Waals surface area contributed by atoms with Crippen LogP contribution in [0.25, 0.3) is 11.1 Å². The number of alkyl halides is 3. The molecule has 0 saturated heterocycles. The third kappa shape index (κ3) is 3.37. The smallest absolute Gasteiger partial charge is 0.264 e. The highest BCUT2D eigenvalue weighted by atomic mass is 32.2. The van der Waals surface area contributed by atoms with Gasteiger partial charge >= 0.3 is 6.18 Å². The lowest BCUT2D eigenvalue weighted by Crippen LogP contribution is -2.23. The summed E-state index contributed by atoms with van der Waals surface area (Å²) < 4.78 is 52.9. The maximum atomic E-state index is 12.7. The highest BCUT2D eigenvalue weighted by Crippen LogP contribution is 2.38. The number of hydrogen-bond acceptors (Lipinski definition) is 2. The summed E-state index contributed by atoms with van der Waals surface area (Å²) in [7, 11) is -1.09. The molecule has 0 fully saturated rings. The zero-order chi connectivity index (χ0) is 17.3. The Morgan fingerprint density at radius 2 is 1.96 bits per heavy atom. The fourth-order valence-electron chi connectivity index (χ4n) is 2.98. The van der Waals surface area contributed by atoms with E-state index in [1.807, 2.05) is 6.92 Å². The van der Waals surface area contributed by atoms with Crippen LogP contribution in [0.15, 0.2) is 36.7 Å². The van der Waals surface area contributed by atoms with Crippen molar-refractivity contribution in [2.24, 2.45) is 0 Å². The fraction of sp³-hybridized carbons (Fsp3) is 0.353. The van der Waals surface area contributed by atoms with Crippen molar-refractivity contribution in [1.29, 1.82) is 0 Å². The van der Waals surface area contributed by atoms with Crippen LogP contribution in [0.5, 0.6) is 0 Å². The lowest BCUT2D eigenvalue weighted by atomic mass is 9.98. The molecule has 1 aromatic carbocycles. The van der Waals surface area contributed by atoms with Gasteiger partial charge in [-0.1, -0.05) is 19.1 Å². The zero-order valence-electron chi connectivity index (χ0n) is 13.1. The van der Waals surface area contributed by atoms with E-state index in [0.717, 1.165) is 41.7 Å². The first-order chi connectivity index (χ1) is 11.4. The molecule has 128 valence electrons. The van der Waals surface area contributed by atoms with E-state index in [9.17, 15) is 17.4 Å². The molecule has 1 aliphatic rings. The molecule has 2 unspecified atom stereocenters. The van der Waals surface area contributed by atoms with Crippen molar-refractivity contribution in [1.82, 2.24) is 9.71 Å². The number of hydrogen-bond donors (Lipinski definition) is 1. The van der Waals surface area contributed by atoms with Gasteiger partial charge in [0.25, 0.3) is 0 Å². The number of halogens is 3. The molecule has 0 bridgehead atoms. The van der Waals surface area contributed by atoms with E-state index in [1.54, 1.807) is 12.4 Å². The quantitative estimate of drug-likeness (QED) is 0.901. The Bertz CT molecular complexity index is 759. The second kappa shape index (κ2) is 6.64. The Morgan fingerprint density at radius 3 is 2.58 bits per heavy atom. The normalized spacial score (nSPS) is 18.4. The average Bonchev–Trinajstić information content (AvgIpc) is 2.97. The topological polar surface area (TPSA) is 42.0 Å². The number of nitrogens with one attached hydrogen (secondary N) is 1. The monoisotopic (exact) mass is 354 g/mol. The molecular weight excluding hydrogens is 337 g/mol. The Morgan fingerprint density at radius 1 is 1.25 bits per heavy atom. The highest BCUT2D eigenvalue weighted by molar-refractivity contribution is 7.82. The minimum Gasteiger partial charge on any atom is -0.264 e. The standard InChI is InChI=1S/C17H17F3N2OS/c1-2-24(23)22-16-8-7-13-14(9-21-10-15(13)16)11-3-5-12(6-4-11)17(18,19)20/h3-6,9-10,16,22H,2,7-8H2,1H3. The van der Waals surface area contributed by atoms with Gasteiger partial charge in [0.1, 0.15) is 0 Å². The van der Waals surface area contributed by atoms with Crippen molar-refractivity contribution in [3.8, 4) is 11.1 Å². The molecule has 24 heavy (non-hydrogen) atoms. The van der Waals surface area contributed by atoms with Gasteiger partial charge in [0.05, 0.1) is 16.5 Å². The van der Waals surface area contributed by atoms with E-state index in [0.29, 0.717) is 11.3 Å². The van der Waals surface area contributed by atoms with Gasteiger partial charge in [0.15, 0.2) is 0 Å². The summed E-state index contributed by atoms with van der Waals surface area (Å²) in [6.07, 6.45) is 0.683. The van der Waals surface area contributed by atoms with E-state index in [4.69, 9.17) is 0 Å². The second-order valence-electron chi connectivity index (χ2n) is 5.67. The summed E-state index contributed by atoms with van der Waals surface area (Å²) in [5.41, 5.74) is 2.94. The van der Waals surface area contributed by atoms with Crippen molar-refractivity contribution >= 4 is 11.0 Å². The average molecular weight is 354 g/mol. The van der Waals surface area contributed by atoms with Crippen LogP contribution in [-0.2, 0) is 23.6 Å². The molecular formula is C17H17F3N2OS. The number of aromatic nitrogens is 1. The number of rotatable bonds is 4. The molecule has 3 nitrogen and oxygen atoms in total. The van der Waals surface area contributed by atoms with E-state index in [2.05, 4.69) is 9.71 Å². The third-order valence-corrected chi connectivity index (χ3v) is 5.28. The van der Waals surface area contributed by atoms with Crippen molar-refractivity contribution in [2.75, 3.05) is 5.75 Å². The first-order valence-electron chi connectivity index (χ1n) is 7.69. The molecule has 0 amide bonds. The summed E-state index contributed by atoms with van der Waals surface area (Å²) in [5.74, 6) is 0.526. The number of fused-ring (bicyclic) bond motifs is 1. The summed E-state index contributed by atoms with van der Waals surface area (Å²) in [6.45, 7) is 1.84. The molecule has 3 rings (SSSR count). The van der Waals surface area contributed by atoms with Crippen molar-refractivity contribution in [2.45, 2.75) is 32.0 Å². The molecule has 1 aliphatic carbocycles. The molecule has 0 spiro atoms. The lowest BCUT2D eigenvalue weighted by molar-refractivity contribution is -0.137. The van der Waals surface area contributed by atoms with Crippen LogP contribution in [-0.4, -0.2) is 14.9 Å². The predicted molar refractivity (Wildman–Crippen MR) is 87.6 cm³/mol. The Hall–Kier alpha value is -1.73. The molecule has 1 heterocycles. The Labute approximate surface area is 140 Å². The van der Waals surface area contributed by atoms with Crippen LogP contribution in [0.1, 0.15) is 36.1 Å². The minimum absolute atomic E-state index is 0.0253. The number of benzene rings is 1. The molecule has 0 radical (unpaired) electrons. The third-order valence-electron chi connectivity index (χ3n) is 4.21. The van der Waals surface area contributed by atoms with Gasteiger partial charge in [0, 0.05) is 29.8 Å². The van der Waals surface area contributed by atoms with Crippen molar-refractivity contribution in [3.05, 3.63) is 53.3 Å². The fourth-order valence-corrected chi connectivity index (χ4v) is 3.71. The Balaban J connectivity index is 1.93. The number of nitrogens with zero attached hydrogens (tertiary/aromatic N) is 1. The molecule has 1 aromatic heterocycles. The van der Waals surface area contributed by atoms with E-state index in [1.165, 1.54) is 12.1 Å². The van der Waals surface area contributed by atoms with Gasteiger partial charge in [-0.2, -0.15) is 13.2 Å². The minimum atomic E-state index is -4.34. The predicted octanol–water partition coefficient (Wildman–Crippen LogP) is 4.03. The van der Waals surface area contributed by atoms with Gasteiger partial charge in [-0.05, 0) is 41.7 Å². The summed E-state index contributed by atoms with van der Waals surface area (Å²) in [6, 6.07) is 5.11. The molecule has 1 N–H and O–H groups in total. The Kier molecular flexibility index (Phi) is 4.73. The van der Waals surface area contributed by atoms with Crippen LogP contribution in [0.2, 0.25) is 0 Å². The zero-order valence-corrected chi connectivity index (χ0v) is 13.9. The molecule has 2 atom stereocenters. The van der Waals surface area contributed by atoms with Crippen LogP contribution < -0.4 is 4.72 Å². The SMILES string of the molecule is CCS(=O)NC1CCc2c(-c3ccc(C(F)(F)F)cc3)cncc21. The van der Waals surface area contributed by atoms with Crippen LogP contribution in [0.4, 0.5) is 13.2 Å². The van der Waals surface area contributed by atoms with E-state index in [-0.39, 0.29) is 6.04 Å². The van der Waals surface area contributed by atoms with Crippen LogP contribution >= 0.6 is 0 Å². The first-order valence-corrected chi connectivity index (χ1v) is 9.01. The maximum Gasteiger partial charge on any atom is 0.416 e. The lowest BCUT2D eigenvalue weighted by Gasteiger charge is -2.14. The summed E-state index contributed by atoms with van der Waals surface area (Å²) >= 11 is 0. The van der Waals surface area contributed by atoms with Gasteiger partial charge in [-0.15, -0.1) is 0 Å². The largest absolute Gasteiger partial charge is 0.416 e. The van der Waals surface area contributed by atoms with Crippen molar-refractivity contribution in [3.63, 3.8) is 0 Å². The van der Waals surface area contributed by atoms with E-state index >= 15 is 0 Å². The van der Waals surface area contributed by atoms with Gasteiger partial charge in [-0.3, -0.25) is 4.98 Å². The van der Waals surface area contributed by atoms with E-state index < -0.39 is 22.7 Å². The van der Waals surface area contributed by atoms with Gasteiger partial charge < -0.3 is 0 Å². The van der Waals surface area contributed by atoms with Crippen LogP contribution in [0, 0.1) is 0 Å². The molecule has 7 heteroatoms. The van der Waals surface area contributed by atoms with Gasteiger partial charge in [0.2, 0.25) is 0 Å². The first kappa shape index (κ1) is 17.1. The maximum absolute atomic E-state index is 12.7.